The molecule has 0 aliphatic rings. The van der Waals surface area contributed by atoms with Gasteiger partial charge in [0.05, 0.1) is 6.10 Å². The monoisotopic (exact) mass is 257 g/mol. The van der Waals surface area contributed by atoms with Gasteiger partial charge < -0.3 is 10.1 Å². The van der Waals surface area contributed by atoms with Crippen LogP contribution in [0.4, 0.5) is 0 Å². The van der Waals surface area contributed by atoms with Crippen molar-refractivity contribution in [2.45, 2.75) is 84.7 Å². The van der Waals surface area contributed by atoms with Crippen molar-refractivity contribution in [3.8, 4) is 0 Å². The van der Waals surface area contributed by atoms with Crippen LogP contribution in [0.15, 0.2) is 0 Å². The number of hydrogen-bond acceptors (Lipinski definition) is 2. The summed E-state index contributed by atoms with van der Waals surface area (Å²) in [5.41, 5.74) is 0. The molecule has 2 nitrogen and oxygen atoms in total. The lowest BCUT2D eigenvalue weighted by Gasteiger charge is -2.13. The zero-order chi connectivity index (χ0) is 13.5. The zero-order valence-electron chi connectivity index (χ0n) is 13.0. The Kier molecular flexibility index (Phi) is 14.9. The Hall–Kier alpha value is -0.0800. The third kappa shape index (κ3) is 14.0. The van der Waals surface area contributed by atoms with Crippen LogP contribution in [0.5, 0.6) is 0 Å². The van der Waals surface area contributed by atoms with Crippen molar-refractivity contribution in [1.29, 1.82) is 0 Å². The van der Waals surface area contributed by atoms with Crippen molar-refractivity contribution in [2.75, 3.05) is 19.7 Å². The molecule has 110 valence electrons. The first-order valence-electron chi connectivity index (χ1n) is 8.13. The van der Waals surface area contributed by atoms with Crippen LogP contribution >= 0.6 is 0 Å². The van der Waals surface area contributed by atoms with Gasteiger partial charge in [0.15, 0.2) is 0 Å². The molecule has 0 spiro atoms. The summed E-state index contributed by atoms with van der Waals surface area (Å²) in [7, 11) is 0. The van der Waals surface area contributed by atoms with Crippen molar-refractivity contribution < 1.29 is 4.74 Å². The van der Waals surface area contributed by atoms with Crippen LogP contribution in [0.1, 0.15) is 78.6 Å². The first kappa shape index (κ1) is 17.9. The lowest BCUT2D eigenvalue weighted by Crippen LogP contribution is -2.18. The van der Waals surface area contributed by atoms with Crippen molar-refractivity contribution in [2.24, 2.45) is 0 Å². The lowest BCUT2D eigenvalue weighted by molar-refractivity contribution is 0.0562. The van der Waals surface area contributed by atoms with E-state index >= 15 is 0 Å². The second kappa shape index (κ2) is 15.0. The molecular formula is C16H35NO. The first-order valence-corrected chi connectivity index (χ1v) is 8.13. The topological polar surface area (TPSA) is 21.3 Å². The van der Waals surface area contributed by atoms with Crippen LogP contribution in [0.25, 0.3) is 0 Å². The summed E-state index contributed by atoms with van der Waals surface area (Å²) in [5.74, 6) is 0. The molecule has 0 saturated heterocycles. The Morgan fingerprint density at radius 1 is 0.833 bits per heavy atom. The van der Waals surface area contributed by atoms with Gasteiger partial charge in [-0.05, 0) is 45.7 Å². The highest BCUT2D eigenvalue weighted by Gasteiger charge is 2.01. The van der Waals surface area contributed by atoms with Gasteiger partial charge >= 0.3 is 0 Å². The molecule has 0 amide bonds. The van der Waals surface area contributed by atoms with Gasteiger partial charge in [0.25, 0.3) is 0 Å². The van der Waals surface area contributed by atoms with Crippen molar-refractivity contribution in [3.05, 3.63) is 0 Å². The molecule has 0 fully saturated rings. The van der Waals surface area contributed by atoms with E-state index in [4.69, 9.17) is 4.74 Å². The van der Waals surface area contributed by atoms with Crippen LogP contribution in [0.3, 0.4) is 0 Å². The summed E-state index contributed by atoms with van der Waals surface area (Å²) >= 11 is 0. The largest absolute Gasteiger partial charge is 0.379 e. The van der Waals surface area contributed by atoms with Crippen molar-refractivity contribution in [3.63, 3.8) is 0 Å². The first-order chi connectivity index (χ1) is 8.81. The molecule has 0 rings (SSSR count). The van der Waals surface area contributed by atoms with E-state index in [0.717, 1.165) is 19.7 Å². The standard InChI is InChI=1S/C16H35NO/c1-4-6-7-8-9-10-15-18-16(3)12-11-14-17-13-5-2/h16-17H,4-15H2,1-3H3. The Morgan fingerprint density at radius 3 is 2.28 bits per heavy atom. The summed E-state index contributed by atoms with van der Waals surface area (Å²) in [6.07, 6.45) is 12.2. The lowest BCUT2D eigenvalue weighted by atomic mass is 10.1. The molecule has 2 heteroatoms. The van der Waals surface area contributed by atoms with Gasteiger partial charge in [0.2, 0.25) is 0 Å². The summed E-state index contributed by atoms with van der Waals surface area (Å²) < 4.78 is 5.83. The fraction of sp³-hybridized carbons (Fsp3) is 1.00. The maximum Gasteiger partial charge on any atom is 0.0547 e. The smallest absolute Gasteiger partial charge is 0.0547 e. The van der Waals surface area contributed by atoms with Gasteiger partial charge in [-0.3, -0.25) is 0 Å². The van der Waals surface area contributed by atoms with E-state index in [-0.39, 0.29) is 0 Å². The molecule has 18 heavy (non-hydrogen) atoms. The molecule has 0 aliphatic heterocycles. The highest BCUT2D eigenvalue weighted by Crippen LogP contribution is 2.07. The number of nitrogens with one attached hydrogen (secondary N) is 1. The van der Waals surface area contributed by atoms with E-state index in [0.29, 0.717) is 6.10 Å². The highest BCUT2D eigenvalue weighted by molar-refractivity contribution is 4.54. The molecule has 0 heterocycles. The summed E-state index contributed by atoms with van der Waals surface area (Å²) in [6, 6.07) is 0. The molecule has 1 unspecified atom stereocenters. The molecule has 0 saturated carbocycles. The minimum atomic E-state index is 0.434. The average molecular weight is 257 g/mol. The Balaban J connectivity index is 3.09. The number of unbranched alkanes of at least 4 members (excludes halogenated alkanes) is 5. The minimum absolute atomic E-state index is 0.434. The van der Waals surface area contributed by atoms with Crippen LogP contribution in [-0.4, -0.2) is 25.8 Å². The van der Waals surface area contributed by atoms with Crippen molar-refractivity contribution in [1.82, 2.24) is 5.32 Å². The normalized spacial score (nSPS) is 12.8. The maximum absolute atomic E-state index is 5.83. The van der Waals surface area contributed by atoms with Gasteiger partial charge in [0.1, 0.15) is 0 Å². The van der Waals surface area contributed by atoms with Crippen molar-refractivity contribution >= 4 is 0 Å². The van der Waals surface area contributed by atoms with Crippen LogP contribution in [0.2, 0.25) is 0 Å². The van der Waals surface area contributed by atoms with Crippen LogP contribution in [-0.2, 0) is 4.74 Å². The fourth-order valence-electron chi connectivity index (χ4n) is 2.07. The van der Waals surface area contributed by atoms with Gasteiger partial charge in [-0.25, -0.2) is 0 Å². The summed E-state index contributed by atoms with van der Waals surface area (Å²) in [5, 5.41) is 3.43. The Labute approximate surface area is 115 Å². The Bertz CT molecular complexity index is 150. The average Bonchev–Trinajstić information content (AvgIpc) is 2.37. The van der Waals surface area contributed by atoms with Crippen LogP contribution in [0, 0.1) is 0 Å². The molecule has 1 N–H and O–H groups in total. The van der Waals surface area contributed by atoms with E-state index in [1.807, 2.05) is 0 Å². The molecule has 0 radical (unpaired) electrons. The molecule has 0 bridgehead atoms. The summed E-state index contributed by atoms with van der Waals surface area (Å²) in [6.45, 7) is 9.91. The number of ether oxygens (including phenoxy) is 1. The van der Waals surface area contributed by atoms with Gasteiger partial charge in [-0.1, -0.05) is 46.0 Å². The maximum atomic E-state index is 5.83. The van der Waals surface area contributed by atoms with Crippen LogP contribution < -0.4 is 5.32 Å². The second-order valence-corrected chi connectivity index (χ2v) is 5.34. The van der Waals surface area contributed by atoms with E-state index in [9.17, 15) is 0 Å². The molecular weight excluding hydrogens is 222 g/mol. The number of rotatable bonds is 14. The van der Waals surface area contributed by atoms with Gasteiger partial charge in [-0.15, -0.1) is 0 Å². The third-order valence-corrected chi connectivity index (χ3v) is 3.29. The Morgan fingerprint density at radius 2 is 1.56 bits per heavy atom. The van der Waals surface area contributed by atoms with Gasteiger partial charge in [-0.2, -0.15) is 0 Å². The summed E-state index contributed by atoms with van der Waals surface area (Å²) in [4.78, 5) is 0. The minimum Gasteiger partial charge on any atom is -0.379 e. The SMILES string of the molecule is CCCCCCCCOC(C)CCCNCCC. The fourth-order valence-corrected chi connectivity index (χ4v) is 2.07. The van der Waals surface area contributed by atoms with Gasteiger partial charge in [0, 0.05) is 6.61 Å². The quantitative estimate of drug-likeness (QED) is 0.462. The third-order valence-electron chi connectivity index (χ3n) is 3.29. The predicted molar refractivity (Wildman–Crippen MR) is 81.2 cm³/mol. The highest BCUT2D eigenvalue weighted by atomic mass is 16.5. The second-order valence-electron chi connectivity index (χ2n) is 5.34. The molecule has 0 aromatic rings. The molecule has 0 aromatic heterocycles. The molecule has 0 aliphatic carbocycles. The van der Waals surface area contributed by atoms with E-state index in [2.05, 4.69) is 26.1 Å². The molecule has 0 aromatic carbocycles. The molecule has 1 atom stereocenters. The number of hydrogen-bond donors (Lipinski definition) is 1. The van der Waals surface area contributed by atoms with E-state index < -0.39 is 0 Å². The van der Waals surface area contributed by atoms with E-state index in [1.165, 1.54) is 57.8 Å². The predicted octanol–water partition coefficient (Wildman–Crippen LogP) is 4.53. The zero-order valence-corrected chi connectivity index (χ0v) is 13.0. The van der Waals surface area contributed by atoms with E-state index in [1.54, 1.807) is 0 Å².